The van der Waals surface area contributed by atoms with Crippen molar-refractivity contribution in [2.45, 2.75) is 23.1 Å². The van der Waals surface area contributed by atoms with Gasteiger partial charge in [0.15, 0.2) is 0 Å². The number of nitrogens with one attached hydrogen (secondary N) is 1. The molecule has 0 saturated carbocycles. The minimum atomic E-state index is -3.60. The maximum Gasteiger partial charge on any atom is 0.273 e. The van der Waals surface area contributed by atoms with Crippen LogP contribution in [0.5, 0.6) is 0 Å². The second-order valence-electron chi connectivity index (χ2n) is 6.16. The van der Waals surface area contributed by atoms with Crippen molar-refractivity contribution < 1.29 is 13.2 Å². The van der Waals surface area contributed by atoms with Crippen LogP contribution in [-0.2, 0) is 27.7 Å². The number of aromatic nitrogens is 1. The lowest BCUT2D eigenvalue weighted by Gasteiger charge is -2.21. The summed E-state index contributed by atoms with van der Waals surface area (Å²) >= 11 is 2.72. The van der Waals surface area contributed by atoms with E-state index in [4.69, 9.17) is 0 Å². The van der Waals surface area contributed by atoms with Crippen LogP contribution in [0.2, 0.25) is 0 Å². The largest absolute Gasteiger partial charge is 0.374 e. The third-order valence-electron chi connectivity index (χ3n) is 4.48. The summed E-state index contributed by atoms with van der Waals surface area (Å²) in [7, 11) is -2.02. The summed E-state index contributed by atoms with van der Waals surface area (Å²) in [5.41, 5.74) is 3.25. The van der Waals surface area contributed by atoms with Gasteiger partial charge in [-0.3, -0.25) is 4.31 Å². The standard InChI is InChI=1S/C18H17N3O3S3/c1-21(27(23,24)16-6-3-9-25-16)15-5-2-4-12-10-14(20-17(12)15)18-19-13(7-8-22)11-26-18/h2-6,8-9,11,14,20H,7,10H2,1H3. The van der Waals surface area contributed by atoms with Gasteiger partial charge in [-0.25, -0.2) is 13.4 Å². The molecule has 4 rings (SSSR count). The van der Waals surface area contributed by atoms with Gasteiger partial charge in [0, 0.05) is 25.3 Å². The molecule has 1 atom stereocenters. The van der Waals surface area contributed by atoms with Crippen LogP contribution in [0, 0.1) is 0 Å². The first-order chi connectivity index (χ1) is 13.0. The molecular weight excluding hydrogens is 402 g/mol. The fourth-order valence-electron chi connectivity index (χ4n) is 3.12. The van der Waals surface area contributed by atoms with Crippen LogP contribution in [0.25, 0.3) is 0 Å². The van der Waals surface area contributed by atoms with Crippen LogP contribution in [0.3, 0.4) is 0 Å². The van der Waals surface area contributed by atoms with E-state index in [0.29, 0.717) is 16.3 Å². The number of hydrogen-bond donors (Lipinski definition) is 1. The van der Waals surface area contributed by atoms with Crippen LogP contribution in [0.15, 0.2) is 45.3 Å². The molecule has 1 aliphatic rings. The van der Waals surface area contributed by atoms with E-state index in [1.165, 1.54) is 27.0 Å². The Morgan fingerprint density at radius 1 is 1.30 bits per heavy atom. The topological polar surface area (TPSA) is 79.4 Å². The number of nitrogens with zero attached hydrogens (tertiary/aromatic N) is 2. The lowest BCUT2D eigenvalue weighted by molar-refractivity contribution is -0.107. The number of fused-ring (bicyclic) bond motifs is 1. The van der Waals surface area contributed by atoms with Crippen molar-refractivity contribution in [3.63, 3.8) is 0 Å². The zero-order chi connectivity index (χ0) is 19.0. The van der Waals surface area contributed by atoms with Gasteiger partial charge in [0.2, 0.25) is 0 Å². The van der Waals surface area contributed by atoms with Gasteiger partial charge in [-0.2, -0.15) is 0 Å². The lowest BCUT2D eigenvalue weighted by atomic mass is 10.1. The molecule has 3 aromatic rings. The quantitative estimate of drug-likeness (QED) is 0.619. The van der Waals surface area contributed by atoms with Crippen LogP contribution in [-0.4, -0.2) is 26.7 Å². The maximum atomic E-state index is 12.9. The normalized spacial score (nSPS) is 16.0. The van der Waals surface area contributed by atoms with Crippen molar-refractivity contribution >= 4 is 50.4 Å². The number of benzene rings is 1. The molecule has 1 N–H and O–H groups in total. The number of hydrogen-bond acceptors (Lipinski definition) is 7. The second kappa shape index (κ2) is 7.06. The Morgan fingerprint density at radius 2 is 2.15 bits per heavy atom. The molecule has 0 fully saturated rings. The molecule has 27 heavy (non-hydrogen) atoms. The van der Waals surface area contributed by atoms with Crippen molar-refractivity contribution in [3.8, 4) is 0 Å². The number of anilines is 2. The van der Waals surface area contributed by atoms with Gasteiger partial charge in [0.25, 0.3) is 10.0 Å². The van der Waals surface area contributed by atoms with Crippen LogP contribution in [0.1, 0.15) is 22.3 Å². The van der Waals surface area contributed by atoms with Gasteiger partial charge in [-0.05, 0) is 23.1 Å². The first kappa shape index (κ1) is 18.1. The molecule has 1 aliphatic heterocycles. The summed E-state index contributed by atoms with van der Waals surface area (Å²) in [4.78, 5) is 15.2. The van der Waals surface area contributed by atoms with Crippen LogP contribution >= 0.6 is 22.7 Å². The monoisotopic (exact) mass is 419 g/mol. The molecule has 1 aromatic carbocycles. The summed E-state index contributed by atoms with van der Waals surface area (Å²) in [5, 5.41) is 7.98. The second-order valence-corrected chi connectivity index (χ2v) is 10.2. The Balaban J connectivity index is 1.64. The minimum Gasteiger partial charge on any atom is -0.374 e. The number of thiazole rings is 1. The predicted molar refractivity (Wildman–Crippen MR) is 108 cm³/mol. The number of aldehydes is 1. The number of rotatable bonds is 6. The molecule has 1 unspecified atom stereocenters. The molecule has 2 aromatic heterocycles. The molecule has 0 bridgehead atoms. The molecular formula is C18H17N3O3S3. The summed E-state index contributed by atoms with van der Waals surface area (Å²) < 4.78 is 27.4. The van der Waals surface area contributed by atoms with Gasteiger partial charge >= 0.3 is 0 Å². The number of para-hydroxylation sites is 1. The summed E-state index contributed by atoms with van der Waals surface area (Å²) in [6.07, 6.45) is 1.88. The highest BCUT2D eigenvalue weighted by Gasteiger charge is 2.31. The number of carbonyl (C=O) groups excluding carboxylic acids is 1. The van der Waals surface area contributed by atoms with Crippen molar-refractivity contribution in [2.75, 3.05) is 16.7 Å². The smallest absolute Gasteiger partial charge is 0.273 e. The Bertz CT molecular complexity index is 1070. The summed E-state index contributed by atoms with van der Waals surface area (Å²) in [6, 6.07) is 8.99. The first-order valence-electron chi connectivity index (χ1n) is 8.29. The Labute approximate surface area is 165 Å². The molecule has 3 heterocycles. The average Bonchev–Trinajstić information content (AvgIpc) is 3.39. The Morgan fingerprint density at radius 3 is 2.89 bits per heavy atom. The van der Waals surface area contributed by atoms with E-state index >= 15 is 0 Å². The highest BCUT2D eigenvalue weighted by Crippen LogP contribution is 2.42. The highest BCUT2D eigenvalue weighted by molar-refractivity contribution is 7.94. The summed E-state index contributed by atoms with van der Waals surface area (Å²) in [6.45, 7) is 0. The Kier molecular flexibility index (Phi) is 4.75. The molecule has 0 radical (unpaired) electrons. The number of thiophene rings is 1. The van der Waals surface area contributed by atoms with Crippen molar-refractivity contribution in [1.82, 2.24) is 4.98 Å². The van der Waals surface area contributed by atoms with Gasteiger partial charge in [0.05, 0.1) is 23.1 Å². The highest BCUT2D eigenvalue weighted by atomic mass is 32.2. The van der Waals surface area contributed by atoms with Crippen molar-refractivity contribution in [3.05, 3.63) is 57.4 Å². The zero-order valence-electron chi connectivity index (χ0n) is 14.5. The first-order valence-corrected chi connectivity index (χ1v) is 11.5. The van der Waals surface area contributed by atoms with E-state index < -0.39 is 10.0 Å². The van der Waals surface area contributed by atoms with Gasteiger partial charge < -0.3 is 10.1 Å². The van der Waals surface area contributed by atoms with Gasteiger partial charge in [0.1, 0.15) is 15.5 Å². The number of sulfonamides is 1. The predicted octanol–water partition coefficient (Wildman–Crippen LogP) is 3.48. The molecule has 0 aliphatic carbocycles. The maximum absolute atomic E-state index is 12.9. The van der Waals surface area contributed by atoms with Gasteiger partial charge in [-0.15, -0.1) is 22.7 Å². The molecule has 6 nitrogen and oxygen atoms in total. The average molecular weight is 420 g/mol. The van der Waals surface area contributed by atoms with E-state index in [1.807, 2.05) is 17.5 Å². The number of carbonyl (C=O) groups is 1. The van der Waals surface area contributed by atoms with E-state index in [9.17, 15) is 13.2 Å². The molecule has 0 amide bonds. The Hall–Kier alpha value is -2.23. The third kappa shape index (κ3) is 3.26. The van der Waals surface area contributed by atoms with Crippen LogP contribution in [0.4, 0.5) is 11.4 Å². The fourth-order valence-corrected chi connectivity index (χ4v) is 6.37. The molecule has 140 valence electrons. The fraction of sp³-hybridized carbons (Fsp3) is 0.222. The minimum absolute atomic E-state index is 0.0237. The van der Waals surface area contributed by atoms with Crippen LogP contribution < -0.4 is 9.62 Å². The molecule has 0 spiro atoms. The van der Waals surface area contributed by atoms with E-state index in [1.54, 1.807) is 30.6 Å². The summed E-state index contributed by atoms with van der Waals surface area (Å²) in [5.74, 6) is 0. The SMILES string of the molecule is CN(c1cccc2c1NC(c1nc(CC=O)cs1)C2)S(=O)(=O)c1cccs1. The van der Waals surface area contributed by atoms with E-state index in [2.05, 4.69) is 10.3 Å². The van der Waals surface area contributed by atoms with E-state index in [0.717, 1.165) is 34.7 Å². The van der Waals surface area contributed by atoms with Crippen molar-refractivity contribution in [1.29, 1.82) is 0 Å². The molecule has 0 saturated heterocycles. The van der Waals surface area contributed by atoms with Crippen molar-refractivity contribution in [2.24, 2.45) is 0 Å². The zero-order valence-corrected chi connectivity index (χ0v) is 16.9. The third-order valence-corrected chi connectivity index (χ3v) is 8.63. The van der Waals surface area contributed by atoms with Gasteiger partial charge in [-0.1, -0.05) is 18.2 Å². The van der Waals surface area contributed by atoms with E-state index in [-0.39, 0.29) is 6.04 Å². The molecule has 9 heteroatoms. The lowest BCUT2D eigenvalue weighted by Crippen LogP contribution is -2.26.